The van der Waals surface area contributed by atoms with E-state index in [-0.39, 0.29) is 25.2 Å². The number of unbranched alkanes of at least 4 members (excludes halogenated alkanes) is 6. The molecule has 0 atom stereocenters. The van der Waals surface area contributed by atoms with Gasteiger partial charge in [0, 0.05) is 12.8 Å². The van der Waals surface area contributed by atoms with Crippen LogP contribution in [-0.4, -0.2) is 144 Å². The van der Waals surface area contributed by atoms with Gasteiger partial charge < -0.3 is 52.1 Å². The lowest BCUT2D eigenvalue weighted by Crippen LogP contribution is -2.15. The Morgan fingerprint density at radius 2 is 0.553 bits per heavy atom. The molecule has 0 aliphatic carbocycles. The van der Waals surface area contributed by atoms with Crippen molar-refractivity contribution in [1.29, 1.82) is 0 Å². The van der Waals surface area contributed by atoms with E-state index in [1.807, 2.05) is 6.92 Å². The van der Waals surface area contributed by atoms with Gasteiger partial charge in [0.2, 0.25) is 0 Å². The number of hydrogen-bond acceptors (Lipinski definition) is 13. The van der Waals surface area contributed by atoms with Gasteiger partial charge in [-0.1, -0.05) is 52.4 Å². The summed E-state index contributed by atoms with van der Waals surface area (Å²) in [5, 5.41) is 0. The maximum absolute atomic E-state index is 11.7. The van der Waals surface area contributed by atoms with Crippen molar-refractivity contribution >= 4 is 11.9 Å². The summed E-state index contributed by atoms with van der Waals surface area (Å²) in [6, 6.07) is 0. The fourth-order valence-electron chi connectivity index (χ4n) is 3.87. The molecule has 0 aliphatic rings. The zero-order valence-electron chi connectivity index (χ0n) is 29.5. The molecule has 13 nitrogen and oxygen atoms in total. The van der Waals surface area contributed by atoms with Crippen molar-refractivity contribution < 1.29 is 61.7 Å². The molecule has 0 radical (unpaired) electrons. The second kappa shape index (κ2) is 40.8. The molecule has 0 spiro atoms. The van der Waals surface area contributed by atoms with Crippen LogP contribution in [0.2, 0.25) is 0 Å². The first kappa shape index (κ1) is 45.6. The van der Waals surface area contributed by atoms with Crippen LogP contribution in [0.3, 0.4) is 0 Å². The van der Waals surface area contributed by atoms with Gasteiger partial charge in [0.1, 0.15) is 13.2 Å². The summed E-state index contributed by atoms with van der Waals surface area (Å²) in [6.45, 7) is 13.1. The third-order valence-corrected chi connectivity index (χ3v) is 6.40. The molecule has 0 rings (SSSR count). The fraction of sp³-hybridized carbons (Fsp3) is 0.941. The molecule has 0 aliphatic heterocycles. The predicted octanol–water partition coefficient (Wildman–Crippen LogP) is 4.16. The van der Waals surface area contributed by atoms with Crippen LogP contribution in [0.15, 0.2) is 0 Å². The Hall–Kier alpha value is -1.42. The lowest BCUT2D eigenvalue weighted by atomic mass is 10.1. The van der Waals surface area contributed by atoms with E-state index in [0.29, 0.717) is 132 Å². The van der Waals surface area contributed by atoms with Gasteiger partial charge in [-0.25, -0.2) is 0 Å². The van der Waals surface area contributed by atoms with Gasteiger partial charge in [0.25, 0.3) is 0 Å². The van der Waals surface area contributed by atoms with Gasteiger partial charge in [0.05, 0.1) is 119 Å². The van der Waals surface area contributed by atoms with E-state index in [1.165, 1.54) is 32.1 Å². The molecule has 0 bridgehead atoms. The standard InChI is InChI=1S/C34H66O13/c1-3-5-6-7-8-9-10-12-34(36)47-32-30-45-28-26-43-24-22-41-20-18-39-16-14-37-13-15-38-17-19-40-21-23-42-25-27-44-29-31-46-33(35)11-4-2/h3-32H2,1-2H3. The third kappa shape index (κ3) is 40.7. The molecule has 0 saturated carbocycles. The summed E-state index contributed by atoms with van der Waals surface area (Å²) in [7, 11) is 0. The maximum atomic E-state index is 11.7. The SMILES string of the molecule is CCCCCCCCCC(=O)OCCOCCOCCOCCOCCOCCOCCOCCOCCOCCOC(=O)CCC. The largest absolute Gasteiger partial charge is 0.463 e. The maximum Gasteiger partial charge on any atom is 0.305 e. The summed E-state index contributed by atoms with van der Waals surface area (Å²) < 4.78 is 59.1. The van der Waals surface area contributed by atoms with E-state index in [4.69, 9.17) is 52.1 Å². The molecule has 13 heteroatoms. The Morgan fingerprint density at radius 3 is 0.851 bits per heavy atom. The van der Waals surface area contributed by atoms with Crippen molar-refractivity contribution in [2.45, 2.75) is 78.1 Å². The van der Waals surface area contributed by atoms with Crippen molar-refractivity contribution in [2.24, 2.45) is 0 Å². The summed E-state index contributed by atoms with van der Waals surface area (Å²) in [4.78, 5) is 22.9. The molecule has 0 N–H and O–H groups in total. The molecule has 0 aromatic heterocycles. The molecular weight excluding hydrogens is 616 g/mol. The highest BCUT2D eigenvalue weighted by Crippen LogP contribution is 2.08. The highest BCUT2D eigenvalue weighted by Gasteiger charge is 2.03. The van der Waals surface area contributed by atoms with Crippen molar-refractivity contribution in [3.63, 3.8) is 0 Å². The van der Waals surface area contributed by atoms with E-state index in [2.05, 4.69) is 6.92 Å². The lowest BCUT2D eigenvalue weighted by molar-refractivity contribution is -0.146. The van der Waals surface area contributed by atoms with Gasteiger partial charge in [-0.15, -0.1) is 0 Å². The van der Waals surface area contributed by atoms with Gasteiger partial charge >= 0.3 is 11.9 Å². The van der Waals surface area contributed by atoms with E-state index < -0.39 is 0 Å². The highest BCUT2D eigenvalue weighted by molar-refractivity contribution is 5.69. The summed E-state index contributed by atoms with van der Waals surface area (Å²) >= 11 is 0. The molecule has 0 unspecified atom stereocenters. The number of hydrogen-bond donors (Lipinski definition) is 0. The minimum Gasteiger partial charge on any atom is -0.463 e. The molecule has 0 aromatic carbocycles. The first-order valence-electron chi connectivity index (χ1n) is 17.7. The highest BCUT2D eigenvalue weighted by atomic mass is 16.6. The normalized spacial score (nSPS) is 11.3. The van der Waals surface area contributed by atoms with Gasteiger partial charge in [-0.2, -0.15) is 0 Å². The van der Waals surface area contributed by atoms with E-state index >= 15 is 0 Å². The van der Waals surface area contributed by atoms with Crippen LogP contribution in [0.4, 0.5) is 0 Å². The molecule has 47 heavy (non-hydrogen) atoms. The molecule has 0 amide bonds. The van der Waals surface area contributed by atoms with Crippen molar-refractivity contribution in [3.05, 3.63) is 0 Å². The van der Waals surface area contributed by atoms with Crippen LogP contribution in [0.5, 0.6) is 0 Å². The summed E-state index contributed by atoms with van der Waals surface area (Å²) in [5.41, 5.74) is 0. The summed E-state index contributed by atoms with van der Waals surface area (Å²) in [5.74, 6) is -0.333. The van der Waals surface area contributed by atoms with Crippen LogP contribution in [0.1, 0.15) is 78.1 Å². The second-order valence-electron chi connectivity index (χ2n) is 10.6. The Labute approximate surface area is 283 Å². The smallest absolute Gasteiger partial charge is 0.305 e. The van der Waals surface area contributed by atoms with E-state index in [9.17, 15) is 9.59 Å². The lowest BCUT2D eigenvalue weighted by Gasteiger charge is -2.09. The van der Waals surface area contributed by atoms with Crippen molar-refractivity contribution in [3.8, 4) is 0 Å². The molecule has 0 aromatic rings. The van der Waals surface area contributed by atoms with Crippen molar-refractivity contribution in [2.75, 3.05) is 132 Å². The number of carbonyl (C=O) groups is 2. The second-order valence-corrected chi connectivity index (χ2v) is 10.6. The average Bonchev–Trinajstić information content (AvgIpc) is 3.07. The van der Waals surface area contributed by atoms with Gasteiger partial charge in [-0.3, -0.25) is 9.59 Å². The number of carbonyl (C=O) groups excluding carboxylic acids is 2. The van der Waals surface area contributed by atoms with E-state index in [1.54, 1.807) is 0 Å². The van der Waals surface area contributed by atoms with Crippen LogP contribution in [0, 0.1) is 0 Å². The molecule has 280 valence electrons. The number of rotatable bonds is 40. The Bertz CT molecular complexity index is 639. The minimum absolute atomic E-state index is 0.143. The zero-order chi connectivity index (χ0) is 34.1. The molecule has 0 saturated heterocycles. The molecule has 0 heterocycles. The van der Waals surface area contributed by atoms with Crippen molar-refractivity contribution in [1.82, 2.24) is 0 Å². The quantitative estimate of drug-likeness (QED) is 0.0677. The average molecular weight is 683 g/mol. The minimum atomic E-state index is -0.190. The topological polar surface area (TPSA) is 136 Å². The Morgan fingerprint density at radius 1 is 0.298 bits per heavy atom. The fourth-order valence-corrected chi connectivity index (χ4v) is 3.87. The first-order chi connectivity index (χ1) is 23.2. The zero-order valence-corrected chi connectivity index (χ0v) is 29.5. The number of esters is 2. The summed E-state index contributed by atoms with van der Waals surface area (Å²) in [6.07, 6.45) is 10.0. The third-order valence-electron chi connectivity index (χ3n) is 6.40. The van der Waals surface area contributed by atoms with Crippen LogP contribution >= 0.6 is 0 Å². The van der Waals surface area contributed by atoms with E-state index in [0.717, 1.165) is 19.3 Å². The monoisotopic (exact) mass is 682 g/mol. The van der Waals surface area contributed by atoms with Crippen LogP contribution in [0.25, 0.3) is 0 Å². The Kier molecular flexibility index (Phi) is 39.5. The molecule has 0 fully saturated rings. The Balaban J connectivity index is 3.11. The molecular formula is C34H66O13. The number of ether oxygens (including phenoxy) is 11. The van der Waals surface area contributed by atoms with Gasteiger partial charge in [-0.05, 0) is 12.8 Å². The predicted molar refractivity (Wildman–Crippen MR) is 177 cm³/mol. The van der Waals surface area contributed by atoms with Crippen LogP contribution in [-0.2, 0) is 61.7 Å². The first-order valence-corrected chi connectivity index (χ1v) is 17.7. The van der Waals surface area contributed by atoms with Gasteiger partial charge in [0.15, 0.2) is 0 Å². The van der Waals surface area contributed by atoms with Crippen LogP contribution < -0.4 is 0 Å².